The van der Waals surface area contributed by atoms with Gasteiger partial charge in [-0.15, -0.1) is 5.10 Å². The summed E-state index contributed by atoms with van der Waals surface area (Å²) in [6.07, 6.45) is 6.94. The van der Waals surface area contributed by atoms with Crippen LogP contribution in [0, 0.1) is 0 Å². The second-order valence-electron chi connectivity index (χ2n) is 12.6. The summed E-state index contributed by atoms with van der Waals surface area (Å²) in [5, 5.41) is 13.4. The number of esters is 1. The fourth-order valence-corrected chi connectivity index (χ4v) is 6.40. The van der Waals surface area contributed by atoms with E-state index >= 15 is 0 Å². The number of carbonyl (C=O) groups excluding carboxylic acids is 1. The number of benzene rings is 2. The molecule has 1 saturated carbocycles. The average Bonchev–Trinajstić information content (AvgIpc) is 3.71. The highest BCUT2D eigenvalue weighted by Gasteiger charge is 2.29. The fourth-order valence-electron chi connectivity index (χ4n) is 6.40. The summed E-state index contributed by atoms with van der Waals surface area (Å²) in [4.78, 5) is 12.7. The van der Waals surface area contributed by atoms with Gasteiger partial charge in [-0.1, -0.05) is 55.5 Å². The number of ether oxygens (including phenoxy) is 4. The number of hydrogen-bond acceptors (Lipinski definition) is 8. The number of carbonyl (C=O) groups is 1. The quantitative estimate of drug-likeness (QED) is 0.160. The first kappa shape index (κ1) is 31.8. The van der Waals surface area contributed by atoms with Gasteiger partial charge in [0, 0.05) is 6.61 Å². The number of aromatic nitrogens is 5. The Labute approximate surface area is 271 Å². The van der Waals surface area contributed by atoms with Gasteiger partial charge in [-0.05, 0) is 98.6 Å². The molecule has 2 fully saturated rings. The summed E-state index contributed by atoms with van der Waals surface area (Å²) in [5.41, 5.74) is 5.83. The fraction of sp³-hybridized carbons (Fsp3) is 0.500. The lowest BCUT2D eigenvalue weighted by atomic mass is 9.82. The summed E-state index contributed by atoms with van der Waals surface area (Å²) in [7, 11) is 1.64. The van der Waals surface area contributed by atoms with Gasteiger partial charge in [0.1, 0.15) is 11.9 Å². The first-order valence-corrected chi connectivity index (χ1v) is 16.6. The Bertz CT molecular complexity index is 1580. The second-order valence-corrected chi connectivity index (χ2v) is 12.6. The molecule has 1 saturated heterocycles. The van der Waals surface area contributed by atoms with E-state index in [1.807, 2.05) is 24.3 Å². The molecular weight excluding hydrogens is 582 g/mol. The van der Waals surface area contributed by atoms with E-state index in [9.17, 15) is 4.79 Å². The maximum atomic E-state index is 12.7. The van der Waals surface area contributed by atoms with Crippen molar-refractivity contribution in [3.63, 3.8) is 0 Å². The van der Waals surface area contributed by atoms with Crippen LogP contribution in [-0.2, 0) is 16.0 Å². The van der Waals surface area contributed by atoms with Crippen LogP contribution in [0.1, 0.15) is 111 Å². The summed E-state index contributed by atoms with van der Waals surface area (Å²) in [6, 6.07) is 18.9. The van der Waals surface area contributed by atoms with Gasteiger partial charge >= 0.3 is 5.97 Å². The van der Waals surface area contributed by atoms with Crippen molar-refractivity contribution in [1.29, 1.82) is 0 Å². The Balaban J connectivity index is 1.13. The SMILES string of the molecule is CCOC(=O)c1nnn(Cc2ccc(OC)cc2)c1O[C@H]1CC[C@H](c2ccc(-c3cc(C(C)C)nn3C3CCCCO3)cc2)CC1. The molecule has 6 rings (SSSR count). The van der Waals surface area contributed by atoms with Crippen molar-refractivity contribution < 1.29 is 23.7 Å². The summed E-state index contributed by atoms with van der Waals surface area (Å²) >= 11 is 0. The van der Waals surface area contributed by atoms with Crippen LogP contribution < -0.4 is 9.47 Å². The highest BCUT2D eigenvalue weighted by atomic mass is 16.5. The number of hydrogen-bond donors (Lipinski definition) is 0. The molecule has 0 amide bonds. The minimum absolute atomic E-state index is 0.00161. The second kappa shape index (κ2) is 14.5. The minimum Gasteiger partial charge on any atom is -0.497 e. The molecule has 10 nitrogen and oxygen atoms in total. The lowest BCUT2D eigenvalue weighted by Crippen LogP contribution is -2.25. The van der Waals surface area contributed by atoms with Crippen LogP contribution in [0.15, 0.2) is 54.6 Å². The summed E-state index contributed by atoms with van der Waals surface area (Å²) in [5.74, 6) is 1.41. The van der Waals surface area contributed by atoms with Crippen LogP contribution in [0.2, 0.25) is 0 Å². The van der Waals surface area contributed by atoms with Crippen molar-refractivity contribution in [2.45, 2.75) is 96.4 Å². The third-order valence-corrected chi connectivity index (χ3v) is 9.05. The molecule has 46 heavy (non-hydrogen) atoms. The molecule has 0 spiro atoms. The van der Waals surface area contributed by atoms with Crippen LogP contribution >= 0.6 is 0 Å². The van der Waals surface area contributed by atoms with E-state index in [4.69, 9.17) is 24.0 Å². The lowest BCUT2D eigenvalue weighted by Gasteiger charge is -2.29. The molecule has 3 heterocycles. The van der Waals surface area contributed by atoms with E-state index in [0.29, 0.717) is 24.3 Å². The Morgan fingerprint density at radius 2 is 1.76 bits per heavy atom. The summed E-state index contributed by atoms with van der Waals surface area (Å²) in [6.45, 7) is 7.60. The van der Waals surface area contributed by atoms with Crippen molar-refractivity contribution in [2.24, 2.45) is 0 Å². The van der Waals surface area contributed by atoms with Crippen molar-refractivity contribution in [3.8, 4) is 22.9 Å². The first-order valence-electron chi connectivity index (χ1n) is 16.6. The zero-order chi connectivity index (χ0) is 32.0. The third kappa shape index (κ3) is 7.12. The predicted octanol–water partition coefficient (Wildman–Crippen LogP) is 7.30. The van der Waals surface area contributed by atoms with Gasteiger partial charge in [0.2, 0.25) is 11.6 Å². The van der Waals surface area contributed by atoms with Gasteiger partial charge in [0.15, 0.2) is 6.23 Å². The molecule has 2 aliphatic rings. The van der Waals surface area contributed by atoms with Crippen molar-refractivity contribution in [3.05, 3.63) is 77.1 Å². The Kier molecular flexibility index (Phi) is 10.0. The molecule has 10 heteroatoms. The normalized spacial score (nSPS) is 20.1. The third-order valence-electron chi connectivity index (χ3n) is 9.05. The average molecular weight is 628 g/mol. The zero-order valence-electron chi connectivity index (χ0n) is 27.4. The van der Waals surface area contributed by atoms with Gasteiger partial charge in [-0.2, -0.15) is 5.10 Å². The molecule has 0 N–H and O–H groups in total. The molecule has 1 atom stereocenters. The van der Waals surface area contributed by atoms with Crippen LogP contribution in [0.4, 0.5) is 0 Å². The molecule has 1 unspecified atom stereocenters. The van der Waals surface area contributed by atoms with E-state index in [1.54, 1.807) is 18.7 Å². The zero-order valence-corrected chi connectivity index (χ0v) is 27.4. The molecule has 4 aromatic rings. The van der Waals surface area contributed by atoms with E-state index in [-0.39, 0.29) is 24.6 Å². The predicted molar refractivity (Wildman–Crippen MR) is 174 cm³/mol. The maximum Gasteiger partial charge on any atom is 0.364 e. The van der Waals surface area contributed by atoms with E-state index in [1.165, 1.54) is 11.1 Å². The van der Waals surface area contributed by atoms with Crippen LogP contribution in [0.3, 0.4) is 0 Å². The summed E-state index contributed by atoms with van der Waals surface area (Å²) < 4.78 is 26.9. The van der Waals surface area contributed by atoms with Crippen molar-refractivity contribution in [1.82, 2.24) is 24.8 Å². The van der Waals surface area contributed by atoms with Crippen LogP contribution in [0.25, 0.3) is 11.3 Å². The Morgan fingerprint density at radius 3 is 2.41 bits per heavy atom. The van der Waals surface area contributed by atoms with Gasteiger partial charge in [-0.25, -0.2) is 14.2 Å². The van der Waals surface area contributed by atoms with E-state index in [0.717, 1.165) is 74.3 Å². The largest absolute Gasteiger partial charge is 0.497 e. The number of methoxy groups -OCH3 is 1. The minimum atomic E-state index is -0.524. The smallest absolute Gasteiger partial charge is 0.364 e. The number of nitrogens with zero attached hydrogens (tertiary/aromatic N) is 5. The topological polar surface area (TPSA) is 103 Å². The highest BCUT2D eigenvalue weighted by Crippen LogP contribution is 2.37. The Hall–Kier alpha value is -4.18. The molecule has 2 aromatic heterocycles. The van der Waals surface area contributed by atoms with Crippen molar-refractivity contribution in [2.75, 3.05) is 20.3 Å². The molecule has 2 aromatic carbocycles. The maximum absolute atomic E-state index is 12.7. The van der Waals surface area contributed by atoms with Gasteiger partial charge in [0.25, 0.3) is 0 Å². The first-order chi connectivity index (χ1) is 22.4. The molecule has 0 radical (unpaired) electrons. The monoisotopic (exact) mass is 627 g/mol. The van der Waals surface area contributed by atoms with E-state index < -0.39 is 5.97 Å². The highest BCUT2D eigenvalue weighted by molar-refractivity contribution is 5.89. The van der Waals surface area contributed by atoms with Crippen LogP contribution in [-0.4, -0.2) is 57.2 Å². The molecule has 244 valence electrons. The van der Waals surface area contributed by atoms with Crippen molar-refractivity contribution >= 4 is 5.97 Å². The van der Waals surface area contributed by atoms with Gasteiger partial charge < -0.3 is 18.9 Å². The Morgan fingerprint density at radius 1 is 1.00 bits per heavy atom. The van der Waals surface area contributed by atoms with Gasteiger partial charge in [-0.3, -0.25) is 0 Å². The van der Waals surface area contributed by atoms with Gasteiger partial charge in [0.05, 0.1) is 31.6 Å². The standard InChI is InChI=1S/C36H45N5O5/c1-5-44-36(42)34-35(40(39-37-34)23-25-9-17-29(43-4)18-10-25)46-30-19-15-27(16-20-30)26-11-13-28(14-12-26)32-22-31(24(2)3)38-41(32)33-8-6-7-21-45-33/h9-14,17-18,22,24,27,30,33H,5-8,15-16,19-21,23H2,1-4H3/t27-,30-,33?. The lowest BCUT2D eigenvalue weighted by molar-refractivity contribution is -0.0386. The molecule has 1 aliphatic carbocycles. The van der Waals surface area contributed by atoms with Crippen LogP contribution in [0.5, 0.6) is 11.6 Å². The van der Waals surface area contributed by atoms with E-state index in [2.05, 4.69) is 59.2 Å². The molecular formula is C36H45N5O5. The molecule has 1 aliphatic heterocycles. The number of rotatable bonds is 11. The molecule has 0 bridgehead atoms.